The number of aromatic nitrogens is 6. The topological polar surface area (TPSA) is 287 Å². The molecule has 0 saturated carbocycles. The number of ether oxygens (including phenoxy) is 2. The summed E-state index contributed by atoms with van der Waals surface area (Å²) in [6.07, 6.45) is 4.31. The first kappa shape index (κ1) is 64.3. The maximum Gasteiger partial charge on any atom is 0.276 e. The lowest BCUT2D eigenvalue weighted by Crippen LogP contribution is -2.36. The summed E-state index contributed by atoms with van der Waals surface area (Å²) in [6.45, 7) is 24.1. The number of methoxy groups -OCH3 is 1. The smallest absolute Gasteiger partial charge is 0.276 e. The molecule has 1 unspecified atom stereocenters. The quantitative estimate of drug-likeness (QED) is 0.0197. The van der Waals surface area contributed by atoms with E-state index in [1.807, 2.05) is 69.2 Å². The summed E-state index contributed by atoms with van der Waals surface area (Å²) in [7, 11) is 3.04. The van der Waals surface area contributed by atoms with Gasteiger partial charge in [0.15, 0.2) is 0 Å². The second kappa shape index (κ2) is 30.7. The molecule has 22 nitrogen and oxygen atoms in total. The Morgan fingerprint density at radius 3 is 1.85 bits per heavy atom. The highest BCUT2D eigenvalue weighted by molar-refractivity contribution is 7.81. The summed E-state index contributed by atoms with van der Waals surface area (Å²) >= 11 is 4.14. The average Bonchev–Trinajstić information content (AvgIpc) is 4.30. The molecular formula is C55H78N12O10S. The van der Waals surface area contributed by atoms with Crippen LogP contribution in [0.25, 0.3) is 22.1 Å². The number of carbonyl (C=O) groups is 7. The first-order valence-corrected chi connectivity index (χ1v) is 27.0. The lowest BCUT2D eigenvalue weighted by Gasteiger charge is -2.20. The number of fused-ring (bicyclic) bond motifs is 2. The van der Waals surface area contributed by atoms with Gasteiger partial charge >= 0.3 is 0 Å². The van der Waals surface area contributed by atoms with Crippen molar-refractivity contribution in [2.24, 2.45) is 11.5 Å². The molecule has 1 saturated heterocycles. The van der Waals surface area contributed by atoms with Crippen molar-refractivity contribution in [2.75, 3.05) is 44.5 Å². The number of furan rings is 1. The van der Waals surface area contributed by atoms with Crippen LogP contribution in [0, 0.1) is 13.8 Å². The molecule has 1 aliphatic heterocycles. The Hall–Kier alpha value is -7.95. The van der Waals surface area contributed by atoms with Gasteiger partial charge in [-0.05, 0) is 63.6 Å². The van der Waals surface area contributed by atoms with Crippen molar-refractivity contribution in [3.8, 4) is 11.5 Å². The number of aryl methyl sites for hydroxylation is 4. The number of nitrogens with zero attached hydrogens (tertiary/aromatic N) is 8. The molecule has 6 N–H and O–H groups in total. The van der Waals surface area contributed by atoms with Crippen molar-refractivity contribution in [3.63, 3.8) is 0 Å². The highest BCUT2D eigenvalue weighted by Crippen LogP contribution is 2.33. The molecule has 7 rings (SSSR count). The zero-order valence-electron chi connectivity index (χ0n) is 47.5. The molecule has 5 heterocycles. The maximum atomic E-state index is 13.9. The Morgan fingerprint density at radius 2 is 1.35 bits per heavy atom. The van der Waals surface area contributed by atoms with Gasteiger partial charge in [0.25, 0.3) is 11.8 Å². The van der Waals surface area contributed by atoms with Crippen molar-refractivity contribution in [1.29, 1.82) is 0 Å². The third kappa shape index (κ3) is 15.4. The number of hydrogen-bond acceptors (Lipinski definition) is 14. The van der Waals surface area contributed by atoms with Crippen LogP contribution in [0.1, 0.15) is 147 Å². The number of likely N-dealkylation sites (tertiary alicyclic amines) is 1. The number of benzene rings is 2. The van der Waals surface area contributed by atoms with Crippen LogP contribution in [0.15, 0.2) is 53.0 Å². The van der Waals surface area contributed by atoms with Crippen LogP contribution in [-0.4, -0.2) is 119 Å². The van der Waals surface area contributed by atoms with Gasteiger partial charge in [0.1, 0.15) is 39.7 Å². The largest absolute Gasteiger partial charge is 0.494 e. The van der Waals surface area contributed by atoms with Crippen molar-refractivity contribution in [1.82, 2.24) is 38.7 Å². The number of anilines is 2. The fraction of sp³-hybridized carbons (Fsp3) is 0.455. The minimum absolute atomic E-state index is 0.00400. The Morgan fingerprint density at radius 1 is 0.808 bits per heavy atom. The van der Waals surface area contributed by atoms with Gasteiger partial charge in [-0.25, -0.2) is 9.97 Å². The van der Waals surface area contributed by atoms with Crippen molar-refractivity contribution in [2.45, 2.75) is 134 Å². The second-order valence-electron chi connectivity index (χ2n) is 16.5. The van der Waals surface area contributed by atoms with E-state index in [0.717, 1.165) is 4.90 Å². The summed E-state index contributed by atoms with van der Waals surface area (Å²) in [5.41, 5.74) is 14.4. The number of primary amides is 2. The zero-order chi connectivity index (χ0) is 58.6. The molecular weight excluding hydrogens is 1020 g/mol. The number of rotatable bonds is 21. The van der Waals surface area contributed by atoms with Crippen molar-refractivity contribution in [3.05, 3.63) is 88.1 Å². The van der Waals surface area contributed by atoms with Crippen LogP contribution in [0.4, 0.5) is 11.9 Å². The first-order valence-electron chi connectivity index (χ1n) is 26.4. The minimum Gasteiger partial charge on any atom is -0.494 e. The normalized spacial score (nSPS) is 12.7. The van der Waals surface area contributed by atoms with Crippen molar-refractivity contribution >= 4 is 87.9 Å². The molecule has 6 aromatic rings. The first-order chi connectivity index (χ1) is 37.4. The van der Waals surface area contributed by atoms with Crippen LogP contribution in [0.5, 0.6) is 11.5 Å². The molecule has 23 heteroatoms. The molecule has 0 spiro atoms. The van der Waals surface area contributed by atoms with Gasteiger partial charge in [0.05, 0.1) is 41.3 Å². The SMILES string of the molecule is CC.CC.CC.CC.CCc1oc(C)cc1C(=O)Nc1nc2cc(C(N)=O)cc(OCCCN(C)C(=O)CCN3C(=O)CC(S)C3=O)c2n1C/C=C/Cn1c(NC(=O)c2cc(C)nn2CC)nc2cc(C(N)=O)cc(OC)c21. The van der Waals surface area contributed by atoms with Crippen LogP contribution < -0.4 is 31.6 Å². The van der Waals surface area contributed by atoms with E-state index in [4.69, 9.17) is 30.3 Å². The molecule has 0 aliphatic carbocycles. The molecule has 7 amide bonds. The fourth-order valence-corrected chi connectivity index (χ4v) is 8.44. The highest BCUT2D eigenvalue weighted by Gasteiger charge is 2.36. The van der Waals surface area contributed by atoms with E-state index in [1.54, 1.807) is 59.0 Å². The summed E-state index contributed by atoms with van der Waals surface area (Å²) in [5, 5.41) is 9.49. The van der Waals surface area contributed by atoms with E-state index >= 15 is 0 Å². The molecule has 1 atom stereocenters. The summed E-state index contributed by atoms with van der Waals surface area (Å²) in [5.74, 6) is -1.72. The number of nitrogens with two attached hydrogens (primary N) is 2. The number of allylic oxidation sites excluding steroid dienone is 2. The van der Waals surface area contributed by atoms with E-state index in [0.29, 0.717) is 64.4 Å². The van der Waals surface area contributed by atoms with Gasteiger partial charge in [-0.2, -0.15) is 17.7 Å². The third-order valence-electron chi connectivity index (χ3n) is 11.6. The van der Waals surface area contributed by atoms with E-state index in [-0.39, 0.29) is 97.5 Å². The molecule has 1 aliphatic rings. The van der Waals surface area contributed by atoms with Gasteiger partial charge in [0, 0.05) is 70.2 Å². The monoisotopic (exact) mass is 1100 g/mol. The van der Waals surface area contributed by atoms with Gasteiger partial charge < -0.3 is 39.4 Å². The fourth-order valence-electron chi connectivity index (χ4n) is 8.14. The molecule has 0 bridgehead atoms. The number of imide groups is 1. The Labute approximate surface area is 461 Å². The summed E-state index contributed by atoms with van der Waals surface area (Å²) in [4.78, 5) is 102. The lowest BCUT2D eigenvalue weighted by molar-refractivity contribution is -0.139. The van der Waals surface area contributed by atoms with Crippen LogP contribution in [0.3, 0.4) is 0 Å². The number of carbonyl (C=O) groups excluding carboxylic acids is 7. The lowest BCUT2D eigenvalue weighted by atomic mass is 10.1. The number of amides is 7. The van der Waals surface area contributed by atoms with Crippen LogP contribution >= 0.6 is 12.6 Å². The second-order valence-corrected chi connectivity index (χ2v) is 17.1. The number of hydrogen-bond donors (Lipinski definition) is 5. The van der Waals surface area contributed by atoms with E-state index in [9.17, 15) is 33.6 Å². The minimum atomic E-state index is -0.749. The van der Waals surface area contributed by atoms with Gasteiger partial charge in [0.2, 0.25) is 41.4 Å². The van der Waals surface area contributed by atoms with E-state index in [2.05, 4.69) is 33.3 Å². The van der Waals surface area contributed by atoms with Crippen LogP contribution in [0.2, 0.25) is 0 Å². The number of imidazole rings is 2. The van der Waals surface area contributed by atoms with Crippen LogP contribution in [-0.2, 0) is 40.4 Å². The molecule has 78 heavy (non-hydrogen) atoms. The molecule has 424 valence electrons. The Kier molecular flexibility index (Phi) is 25.3. The number of thiol groups is 1. The Balaban J connectivity index is 0.00000191. The predicted octanol–water partition coefficient (Wildman–Crippen LogP) is 8.12. The van der Waals surface area contributed by atoms with Gasteiger partial charge in [-0.15, -0.1) is 0 Å². The van der Waals surface area contributed by atoms with Crippen molar-refractivity contribution < 1.29 is 47.5 Å². The molecule has 4 aromatic heterocycles. The Bertz CT molecular complexity index is 3100. The number of nitrogens with one attached hydrogen (secondary N) is 2. The van der Waals surface area contributed by atoms with Gasteiger partial charge in [-0.1, -0.05) is 74.5 Å². The summed E-state index contributed by atoms with van der Waals surface area (Å²) < 4.78 is 22.7. The standard InChI is InChI=1S/C47H54N12O10S.4C2H6/c1-7-33-29(19-26(4)69-33)43(64)52-46-51-31-21-28(42(49)63)23-35(68-17-11-13-55(5)37(60)12-16-56-38(61)24-36(70)45(56)66)40(31)58(46)15-10-9-14-57-39-30(20-27(41(48)62)22-34(39)67-6)50-47(57)53-44(65)32-18-25(3)54-59(32)8-2;4*1-2/h9-10,18-23,36,70H,7-8,11-17,24H2,1-6H3,(H2,48,62)(H2,49,63)(H,50,53,65)(H,51,52,64);4*1-2H3/b10-9+;;;;. The maximum absolute atomic E-state index is 13.9. The third-order valence-corrected chi connectivity index (χ3v) is 12.0. The average molecular weight is 1100 g/mol. The molecule has 0 radical (unpaired) electrons. The van der Waals surface area contributed by atoms with Gasteiger partial charge in [-0.3, -0.25) is 53.8 Å². The molecule has 1 fully saturated rings. The zero-order valence-corrected chi connectivity index (χ0v) is 48.4. The molecule has 2 aromatic carbocycles. The van der Waals surface area contributed by atoms with E-state index < -0.39 is 34.8 Å². The predicted molar refractivity (Wildman–Crippen MR) is 305 cm³/mol. The van der Waals surface area contributed by atoms with E-state index in [1.165, 1.54) is 36.3 Å². The highest BCUT2D eigenvalue weighted by atomic mass is 32.1. The summed E-state index contributed by atoms with van der Waals surface area (Å²) in [6, 6.07) is 9.26.